The van der Waals surface area contributed by atoms with Gasteiger partial charge < -0.3 is 19.7 Å². The van der Waals surface area contributed by atoms with Crippen LogP contribution in [0.25, 0.3) is 22.8 Å². The molecule has 0 unspecified atom stereocenters. The topological polar surface area (TPSA) is 112 Å². The Balaban J connectivity index is 2.02. The standard InChI is InChI=1S/C13H13N5O3/c1-19-8-3-7(4-9(5-8)20-2)12-16-13(21-18-12)10-6-15-17-11(10)14/h3-6H,1-2H3,(H3,14,15,17). The van der Waals surface area contributed by atoms with Gasteiger partial charge in [0.1, 0.15) is 22.9 Å². The minimum Gasteiger partial charge on any atom is -0.497 e. The van der Waals surface area contributed by atoms with Crippen LogP contribution in [0.2, 0.25) is 0 Å². The summed E-state index contributed by atoms with van der Waals surface area (Å²) < 4.78 is 15.6. The molecule has 0 amide bonds. The third-order valence-corrected chi connectivity index (χ3v) is 2.93. The molecule has 0 aliphatic rings. The molecule has 0 spiro atoms. The van der Waals surface area contributed by atoms with Crippen molar-refractivity contribution in [3.05, 3.63) is 24.4 Å². The third-order valence-electron chi connectivity index (χ3n) is 2.93. The van der Waals surface area contributed by atoms with E-state index in [1.807, 2.05) is 0 Å². The summed E-state index contributed by atoms with van der Waals surface area (Å²) in [6.45, 7) is 0. The molecular formula is C13H13N5O3. The zero-order valence-electron chi connectivity index (χ0n) is 11.5. The lowest BCUT2D eigenvalue weighted by molar-refractivity contribution is 0.394. The lowest BCUT2D eigenvalue weighted by Crippen LogP contribution is -1.90. The van der Waals surface area contributed by atoms with E-state index in [0.29, 0.717) is 34.3 Å². The molecule has 8 nitrogen and oxygen atoms in total. The zero-order chi connectivity index (χ0) is 14.8. The fourth-order valence-corrected chi connectivity index (χ4v) is 1.85. The van der Waals surface area contributed by atoms with Crippen molar-refractivity contribution in [1.29, 1.82) is 0 Å². The Labute approximate surface area is 119 Å². The second-order valence-corrected chi connectivity index (χ2v) is 4.22. The summed E-state index contributed by atoms with van der Waals surface area (Å²) in [6, 6.07) is 5.34. The first-order chi connectivity index (χ1) is 10.2. The maximum absolute atomic E-state index is 5.73. The van der Waals surface area contributed by atoms with Gasteiger partial charge in [0, 0.05) is 11.6 Å². The second-order valence-electron chi connectivity index (χ2n) is 4.22. The Hall–Kier alpha value is -3.03. The van der Waals surface area contributed by atoms with Crippen LogP contribution in [-0.2, 0) is 0 Å². The number of nitrogen functional groups attached to an aromatic ring is 1. The minimum absolute atomic E-state index is 0.290. The lowest BCUT2D eigenvalue weighted by atomic mass is 10.2. The fourth-order valence-electron chi connectivity index (χ4n) is 1.85. The Morgan fingerprint density at radius 3 is 2.43 bits per heavy atom. The summed E-state index contributed by atoms with van der Waals surface area (Å²) in [6.07, 6.45) is 1.53. The molecule has 0 aliphatic heterocycles. The van der Waals surface area contributed by atoms with Crippen molar-refractivity contribution in [2.45, 2.75) is 0 Å². The van der Waals surface area contributed by atoms with Crippen LogP contribution in [0.3, 0.4) is 0 Å². The van der Waals surface area contributed by atoms with Crippen molar-refractivity contribution >= 4 is 5.82 Å². The minimum atomic E-state index is 0.290. The molecule has 2 heterocycles. The van der Waals surface area contributed by atoms with Crippen LogP contribution in [0, 0.1) is 0 Å². The highest BCUT2D eigenvalue weighted by atomic mass is 16.5. The van der Waals surface area contributed by atoms with Crippen LogP contribution in [0.5, 0.6) is 11.5 Å². The molecule has 0 radical (unpaired) electrons. The van der Waals surface area contributed by atoms with Crippen molar-refractivity contribution in [1.82, 2.24) is 20.3 Å². The molecule has 108 valence electrons. The number of nitrogens with one attached hydrogen (secondary N) is 1. The van der Waals surface area contributed by atoms with E-state index in [2.05, 4.69) is 20.3 Å². The van der Waals surface area contributed by atoms with Gasteiger partial charge in [0.05, 0.1) is 20.4 Å². The average molecular weight is 287 g/mol. The van der Waals surface area contributed by atoms with Crippen LogP contribution in [-0.4, -0.2) is 34.6 Å². The SMILES string of the molecule is COc1cc(OC)cc(-c2noc(-c3cn[nH]c3N)n2)c1. The van der Waals surface area contributed by atoms with Gasteiger partial charge in [-0.2, -0.15) is 10.1 Å². The lowest BCUT2D eigenvalue weighted by Gasteiger charge is -2.05. The molecule has 0 fully saturated rings. The first kappa shape index (κ1) is 13.0. The predicted octanol–water partition coefficient (Wildman–Crippen LogP) is 1.73. The number of hydrogen-bond donors (Lipinski definition) is 2. The van der Waals surface area contributed by atoms with Gasteiger partial charge in [-0.25, -0.2) is 0 Å². The molecular weight excluding hydrogens is 274 g/mol. The molecule has 0 saturated heterocycles. The molecule has 8 heteroatoms. The Morgan fingerprint density at radius 2 is 1.86 bits per heavy atom. The van der Waals surface area contributed by atoms with E-state index in [4.69, 9.17) is 19.7 Å². The van der Waals surface area contributed by atoms with Crippen LogP contribution in [0.15, 0.2) is 28.9 Å². The molecule has 2 aromatic heterocycles. The number of ether oxygens (including phenoxy) is 2. The number of anilines is 1. The Kier molecular flexibility index (Phi) is 3.19. The van der Waals surface area contributed by atoms with E-state index < -0.39 is 0 Å². The highest BCUT2D eigenvalue weighted by Gasteiger charge is 2.15. The van der Waals surface area contributed by atoms with Crippen LogP contribution in [0.1, 0.15) is 0 Å². The molecule has 3 rings (SSSR count). The molecule has 0 atom stereocenters. The van der Waals surface area contributed by atoms with E-state index in [0.717, 1.165) is 0 Å². The highest BCUT2D eigenvalue weighted by Crippen LogP contribution is 2.30. The molecule has 21 heavy (non-hydrogen) atoms. The van der Waals surface area contributed by atoms with Gasteiger partial charge >= 0.3 is 0 Å². The van der Waals surface area contributed by atoms with Gasteiger partial charge in [0.25, 0.3) is 5.89 Å². The number of rotatable bonds is 4. The maximum Gasteiger partial charge on any atom is 0.263 e. The molecule has 0 aliphatic carbocycles. The number of hydrogen-bond acceptors (Lipinski definition) is 7. The molecule has 0 bridgehead atoms. The van der Waals surface area contributed by atoms with Gasteiger partial charge in [-0.05, 0) is 12.1 Å². The number of nitrogens with two attached hydrogens (primary N) is 1. The Bertz CT molecular complexity index is 743. The van der Waals surface area contributed by atoms with Crippen LogP contribution >= 0.6 is 0 Å². The van der Waals surface area contributed by atoms with Gasteiger partial charge in [-0.3, -0.25) is 5.10 Å². The summed E-state index contributed by atoms with van der Waals surface area (Å²) in [7, 11) is 3.15. The number of H-pyrrole nitrogens is 1. The smallest absolute Gasteiger partial charge is 0.263 e. The summed E-state index contributed by atoms with van der Waals surface area (Å²) >= 11 is 0. The number of methoxy groups -OCH3 is 2. The largest absolute Gasteiger partial charge is 0.497 e. The Morgan fingerprint density at radius 1 is 1.14 bits per heavy atom. The van der Waals surface area contributed by atoms with Crippen molar-refractivity contribution in [3.63, 3.8) is 0 Å². The number of aromatic amines is 1. The van der Waals surface area contributed by atoms with Gasteiger partial charge in [-0.15, -0.1) is 0 Å². The van der Waals surface area contributed by atoms with E-state index in [-0.39, 0.29) is 5.89 Å². The monoisotopic (exact) mass is 287 g/mol. The van der Waals surface area contributed by atoms with Gasteiger partial charge in [0.15, 0.2) is 0 Å². The number of benzene rings is 1. The van der Waals surface area contributed by atoms with E-state index in [9.17, 15) is 0 Å². The fraction of sp³-hybridized carbons (Fsp3) is 0.154. The second kappa shape index (κ2) is 5.16. The van der Waals surface area contributed by atoms with Crippen molar-refractivity contribution in [3.8, 4) is 34.3 Å². The number of aromatic nitrogens is 4. The number of nitrogens with zero attached hydrogens (tertiary/aromatic N) is 3. The zero-order valence-corrected chi connectivity index (χ0v) is 11.5. The van der Waals surface area contributed by atoms with Crippen molar-refractivity contribution in [2.24, 2.45) is 0 Å². The van der Waals surface area contributed by atoms with Crippen LogP contribution in [0.4, 0.5) is 5.82 Å². The highest BCUT2D eigenvalue weighted by molar-refractivity contribution is 5.68. The first-order valence-electron chi connectivity index (χ1n) is 6.07. The molecule has 3 N–H and O–H groups in total. The summed E-state index contributed by atoms with van der Waals surface area (Å²) in [5.41, 5.74) is 7.00. The van der Waals surface area contributed by atoms with Crippen LogP contribution < -0.4 is 15.2 Å². The van der Waals surface area contributed by atoms with Crippen molar-refractivity contribution < 1.29 is 14.0 Å². The maximum atomic E-state index is 5.73. The first-order valence-corrected chi connectivity index (χ1v) is 6.07. The molecule has 1 aromatic carbocycles. The normalized spacial score (nSPS) is 10.6. The van der Waals surface area contributed by atoms with E-state index in [1.54, 1.807) is 32.4 Å². The summed E-state index contributed by atoms with van der Waals surface area (Å²) in [5, 5.41) is 10.4. The average Bonchev–Trinajstić information content (AvgIpc) is 3.15. The van der Waals surface area contributed by atoms with E-state index in [1.165, 1.54) is 6.20 Å². The quantitative estimate of drug-likeness (QED) is 0.751. The molecule has 3 aromatic rings. The third kappa shape index (κ3) is 2.38. The van der Waals surface area contributed by atoms with Gasteiger partial charge in [0.2, 0.25) is 5.82 Å². The van der Waals surface area contributed by atoms with E-state index >= 15 is 0 Å². The van der Waals surface area contributed by atoms with Gasteiger partial charge in [-0.1, -0.05) is 5.16 Å². The predicted molar refractivity (Wildman–Crippen MR) is 74.8 cm³/mol. The molecule has 0 saturated carbocycles. The summed E-state index contributed by atoms with van der Waals surface area (Å²) in [4.78, 5) is 4.31. The van der Waals surface area contributed by atoms with Crippen molar-refractivity contribution in [2.75, 3.05) is 20.0 Å². The summed E-state index contributed by atoms with van der Waals surface area (Å²) in [5.74, 6) is 2.34.